The van der Waals surface area contributed by atoms with Gasteiger partial charge < -0.3 is 20.3 Å². The minimum atomic E-state index is -0.0947. The Kier molecular flexibility index (Phi) is 4.84. The largest absolute Gasteiger partial charge is 0.497 e. The molecule has 0 unspecified atom stereocenters. The molecule has 0 radical (unpaired) electrons. The molecule has 1 aromatic heterocycles. The Bertz CT molecular complexity index is 973. The predicted molar refractivity (Wildman–Crippen MR) is 110 cm³/mol. The number of carbonyl (C=O) groups excluding carboxylic acids is 1. The highest BCUT2D eigenvalue weighted by molar-refractivity contribution is 9.11. The molecule has 1 aromatic carbocycles. The summed E-state index contributed by atoms with van der Waals surface area (Å²) in [4.78, 5) is 16.8. The summed E-state index contributed by atoms with van der Waals surface area (Å²) in [6, 6.07) is 5.63. The molecule has 2 aromatic rings. The molecule has 1 amide bonds. The third-order valence-corrected chi connectivity index (χ3v) is 5.57. The molecule has 0 atom stereocenters. The number of fused-ring (bicyclic) bond motifs is 3. The number of likely N-dealkylation sites (tertiary alicyclic amines) is 1. The van der Waals surface area contributed by atoms with Crippen molar-refractivity contribution >= 4 is 27.5 Å². The fourth-order valence-electron chi connectivity index (χ4n) is 3.69. The molecule has 4 rings (SSSR count). The van der Waals surface area contributed by atoms with Crippen molar-refractivity contribution in [3.05, 3.63) is 52.7 Å². The van der Waals surface area contributed by atoms with E-state index in [0.717, 1.165) is 43.0 Å². The zero-order chi connectivity index (χ0) is 19.8. The van der Waals surface area contributed by atoms with Crippen molar-refractivity contribution in [3.8, 4) is 11.4 Å². The van der Waals surface area contributed by atoms with Crippen molar-refractivity contribution < 1.29 is 9.53 Å². The van der Waals surface area contributed by atoms with Crippen molar-refractivity contribution in [2.75, 3.05) is 25.1 Å². The molecule has 3 heterocycles. The molecular formula is C19H21BrN6O2. The van der Waals surface area contributed by atoms with Crippen LogP contribution < -0.4 is 15.4 Å². The van der Waals surface area contributed by atoms with E-state index in [1.54, 1.807) is 18.0 Å². The normalized spacial score (nSPS) is 17.6. The molecule has 1 saturated heterocycles. The standard InChI is InChI=1S/C19H21BrN6O2/c1-3-25-13-7-6-12(28-2)10-14(13)26-15(11-16(25)18(20)21)17(22-23-26)19(27)24-8-4-5-9-24/h3,6-7,10H,1,4-5,8-9,11,21H2,2H3/b18-16-. The molecule has 1 fully saturated rings. The Morgan fingerprint density at radius 3 is 2.71 bits per heavy atom. The molecule has 0 saturated carbocycles. The van der Waals surface area contributed by atoms with Gasteiger partial charge >= 0.3 is 0 Å². The second-order valence-corrected chi connectivity index (χ2v) is 7.53. The van der Waals surface area contributed by atoms with E-state index in [0.29, 0.717) is 28.2 Å². The lowest BCUT2D eigenvalue weighted by Crippen LogP contribution is -2.29. The molecular weight excluding hydrogens is 424 g/mol. The zero-order valence-electron chi connectivity index (χ0n) is 15.6. The van der Waals surface area contributed by atoms with Crippen LogP contribution in [-0.4, -0.2) is 46.0 Å². The van der Waals surface area contributed by atoms with Gasteiger partial charge in [-0.05, 0) is 40.9 Å². The van der Waals surface area contributed by atoms with Crippen LogP contribution in [0.2, 0.25) is 0 Å². The first kappa shape index (κ1) is 18.5. The van der Waals surface area contributed by atoms with Crippen LogP contribution in [0.4, 0.5) is 5.69 Å². The molecule has 146 valence electrons. The number of anilines is 1. The van der Waals surface area contributed by atoms with Gasteiger partial charge in [0, 0.05) is 31.8 Å². The maximum atomic E-state index is 13.0. The van der Waals surface area contributed by atoms with Crippen molar-refractivity contribution in [3.63, 3.8) is 0 Å². The van der Waals surface area contributed by atoms with E-state index in [-0.39, 0.29) is 5.91 Å². The monoisotopic (exact) mass is 444 g/mol. The quantitative estimate of drug-likeness (QED) is 0.731. The lowest BCUT2D eigenvalue weighted by atomic mass is 10.1. The zero-order valence-corrected chi connectivity index (χ0v) is 17.1. The summed E-state index contributed by atoms with van der Waals surface area (Å²) in [6.45, 7) is 5.43. The fraction of sp³-hybridized carbons (Fsp3) is 0.316. The number of carbonyl (C=O) groups is 1. The number of hydrogen-bond donors (Lipinski definition) is 1. The van der Waals surface area contributed by atoms with Crippen molar-refractivity contribution in [1.82, 2.24) is 19.9 Å². The van der Waals surface area contributed by atoms with E-state index >= 15 is 0 Å². The fourth-order valence-corrected chi connectivity index (χ4v) is 4.02. The lowest BCUT2D eigenvalue weighted by molar-refractivity contribution is 0.0786. The van der Waals surface area contributed by atoms with Crippen LogP contribution in [0.5, 0.6) is 5.75 Å². The highest BCUT2D eigenvalue weighted by atomic mass is 79.9. The van der Waals surface area contributed by atoms with Crippen molar-refractivity contribution in [2.24, 2.45) is 5.73 Å². The van der Waals surface area contributed by atoms with Gasteiger partial charge in [0.05, 0.1) is 34.5 Å². The number of hydrogen-bond acceptors (Lipinski definition) is 6. The molecule has 8 nitrogen and oxygen atoms in total. The minimum Gasteiger partial charge on any atom is -0.497 e. The van der Waals surface area contributed by atoms with Crippen LogP contribution in [0, 0.1) is 0 Å². The minimum absolute atomic E-state index is 0.0947. The maximum Gasteiger partial charge on any atom is 0.276 e. The van der Waals surface area contributed by atoms with Crippen LogP contribution in [0.25, 0.3) is 5.69 Å². The van der Waals surface area contributed by atoms with E-state index in [1.165, 1.54) is 0 Å². The Hall–Kier alpha value is -2.81. The molecule has 2 aliphatic heterocycles. The first-order chi connectivity index (χ1) is 13.5. The Morgan fingerprint density at radius 1 is 1.32 bits per heavy atom. The summed E-state index contributed by atoms with van der Waals surface area (Å²) >= 11 is 3.40. The maximum absolute atomic E-state index is 13.0. The van der Waals surface area contributed by atoms with Gasteiger partial charge in [-0.3, -0.25) is 4.79 Å². The van der Waals surface area contributed by atoms with Gasteiger partial charge in [0.1, 0.15) is 5.75 Å². The number of rotatable bonds is 3. The number of allylic oxidation sites excluding steroid dienone is 1. The Balaban J connectivity index is 1.93. The molecule has 0 bridgehead atoms. The first-order valence-electron chi connectivity index (χ1n) is 9.03. The van der Waals surface area contributed by atoms with Crippen molar-refractivity contribution in [2.45, 2.75) is 19.3 Å². The number of amides is 1. The Morgan fingerprint density at radius 2 is 2.07 bits per heavy atom. The second kappa shape index (κ2) is 7.31. The molecule has 9 heteroatoms. The summed E-state index contributed by atoms with van der Waals surface area (Å²) in [5.74, 6) is 0.582. The average molecular weight is 445 g/mol. The summed E-state index contributed by atoms with van der Waals surface area (Å²) in [6.07, 6.45) is 4.09. The Labute approximate surface area is 171 Å². The summed E-state index contributed by atoms with van der Waals surface area (Å²) < 4.78 is 7.54. The van der Waals surface area contributed by atoms with Gasteiger partial charge in [-0.25, -0.2) is 4.68 Å². The number of aromatic nitrogens is 3. The smallest absolute Gasteiger partial charge is 0.276 e. The lowest BCUT2D eigenvalue weighted by Gasteiger charge is -2.23. The number of halogens is 1. The SMILES string of the molecule is C=CN1/C(=C(\N)Br)Cc2c(C(=O)N3CCCC3)nnn2-c2cc(OC)ccc21. The van der Waals surface area contributed by atoms with Gasteiger partial charge in [0.25, 0.3) is 5.91 Å². The topological polar surface area (TPSA) is 89.5 Å². The molecule has 0 spiro atoms. The van der Waals surface area contributed by atoms with Gasteiger partial charge in [-0.2, -0.15) is 0 Å². The first-order valence-corrected chi connectivity index (χ1v) is 9.82. The molecule has 2 N–H and O–H groups in total. The number of nitrogens with zero attached hydrogens (tertiary/aromatic N) is 5. The van der Waals surface area contributed by atoms with Gasteiger partial charge in [0.2, 0.25) is 0 Å². The van der Waals surface area contributed by atoms with E-state index in [1.807, 2.05) is 28.0 Å². The van der Waals surface area contributed by atoms with Gasteiger partial charge in [0.15, 0.2) is 5.69 Å². The number of ether oxygens (including phenoxy) is 1. The van der Waals surface area contributed by atoms with E-state index in [4.69, 9.17) is 10.5 Å². The predicted octanol–water partition coefficient (Wildman–Crippen LogP) is 2.54. The highest BCUT2D eigenvalue weighted by Gasteiger charge is 2.32. The molecule has 0 aliphatic carbocycles. The third-order valence-electron chi connectivity index (χ3n) is 5.11. The molecule has 28 heavy (non-hydrogen) atoms. The summed E-state index contributed by atoms with van der Waals surface area (Å²) in [5, 5.41) is 8.55. The van der Waals surface area contributed by atoms with Crippen LogP contribution in [0.3, 0.4) is 0 Å². The third kappa shape index (κ3) is 2.95. The van der Waals surface area contributed by atoms with E-state index in [2.05, 4.69) is 32.8 Å². The van der Waals surface area contributed by atoms with Crippen LogP contribution in [0.15, 0.2) is 41.3 Å². The van der Waals surface area contributed by atoms with Crippen LogP contribution in [0.1, 0.15) is 29.0 Å². The van der Waals surface area contributed by atoms with Crippen LogP contribution in [-0.2, 0) is 6.42 Å². The summed E-state index contributed by atoms with van der Waals surface area (Å²) in [5.41, 5.74) is 9.49. The van der Waals surface area contributed by atoms with Crippen molar-refractivity contribution in [1.29, 1.82) is 0 Å². The summed E-state index contributed by atoms with van der Waals surface area (Å²) in [7, 11) is 1.61. The van der Waals surface area contributed by atoms with E-state index in [9.17, 15) is 4.79 Å². The highest BCUT2D eigenvalue weighted by Crippen LogP contribution is 2.37. The average Bonchev–Trinajstić information content (AvgIpc) is 3.35. The number of benzene rings is 1. The molecule has 2 aliphatic rings. The van der Waals surface area contributed by atoms with Gasteiger partial charge in [-0.1, -0.05) is 11.8 Å². The van der Waals surface area contributed by atoms with Gasteiger partial charge in [-0.15, -0.1) is 5.10 Å². The second-order valence-electron chi connectivity index (χ2n) is 6.67. The van der Waals surface area contributed by atoms with Crippen LogP contribution >= 0.6 is 15.9 Å². The van der Waals surface area contributed by atoms with E-state index < -0.39 is 0 Å². The number of nitrogens with two attached hydrogens (primary N) is 1. The number of methoxy groups -OCH3 is 1.